The number of nitrogens with one attached hydrogen (secondary N) is 2. The summed E-state index contributed by atoms with van der Waals surface area (Å²) in [6, 6.07) is 5.79. The zero-order valence-corrected chi connectivity index (χ0v) is 14.4. The van der Waals surface area contributed by atoms with Gasteiger partial charge in [0.1, 0.15) is 5.82 Å². The van der Waals surface area contributed by atoms with Crippen LogP contribution in [0.4, 0.5) is 0 Å². The Morgan fingerprint density at radius 2 is 2.36 bits per heavy atom. The van der Waals surface area contributed by atoms with Gasteiger partial charge in [-0.15, -0.1) is 0 Å². The van der Waals surface area contributed by atoms with Crippen molar-refractivity contribution in [3.8, 4) is 0 Å². The minimum Gasteiger partial charge on any atom is -0.465 e. The highest BCUT2D eigenvalue weighted by atomic mass is 16.5. The first kappa shape index (κ1) is 15.8. The van der Waals surface area contributed by atoms with Crippen LogP contribution in [0.5, 0.6) is 0 Å². The number of imidazole rings is 1. The average Bonchev–Trinajstić information content (AvgIpc) is 3.20. The van der Waals surface area contributed by atoms with Crippen molar-refractivity contribution >= 4 is 16.9 Å². The summed E-state index contributed by atoms with van der Waals surface area (Å²) in [4.78, 5) is 16.3. The molecule has 130 valence electrons. The molecular weight excluding hydrogens is 318 g/mol. The molecule has 0 bridgehead atoms. The number of carbonyl (C=O) groups excluding carboxylic acids is 1. The summed E-state index contributed by atoms with van der Waals surface area (Å²) in [6.45, 7) is 3.63. The zero-order valence-electron chi connectivity index (χ0n) is 14.4. The molecule has 1 aliphatic rings. The first-order chi connectivity index (χ1) is 12.1. The van der Waals surface area contributed by atoms with E-state index in [2.05, 4.69) is 31.3 Å². The second kappa shape index (κ2) is 6.33. The third-order valence-corrected chi connectivity index (χ3v) is 4.73. The largest absolute Gasteiger partial charge is 0.465 e. The third-order valence-electron chi connectivity index (χ3n) is 4.73. The minimum absolute atomic E-state index is 0.336. The maximum Gasteiger partial charge on any atom is 0.337 e. The number of aromatic nitrogens is 4. The lowest BCUT2D eigenvalue weighted by molar-refractivity contribution is 0.0601. The van der Waals surface area contributed by atoms with Gasteiger partial charge in [0.15, 0.2) is 0 Å². The number of benzene rings is 1. The number of ether oxygens (including phenoxy) is 1. The van der Waals surface area contributed by atoms with E-state index in [9.17, 15) is 4.79 Å². The van der Waals surface area contributed by atoms with Gasteiger partial charge in [0.25, 0.3) is 0 Å². The summed E-state index contributed by atoms with van der Waals surface area (Å²) in [6.07, 6.45) is 4.16. The van der Waals surface area contributed by atoms with E-state index in [1.807, 2.05) is 19.1 Å². The second-order valence-electron chi connectivity index (χ2n) is 6.49. The van der Waals surface area contributed by atoms with E-state index in [1.54, 1.807) is 6.07 Å². The molecule has 3 aromatic rings. The maximum atomic E-state index is 11.7. The van der Waals surface area contributed by atoms with Crippen molar-refractivity contribution in [3.05, 3.63) is 47.2 Å². The van der Waals surface area contributed by atoms with Gasteiger partial charge < -0.3 is 14.6 Å². The molecule has 0 amide bonds. The van der Waals surface area contributed by atoms with Gasteiger partial charge in [-0.3, -0.25) is 5.10 Å². The molecule has 0 radical (unpaired) electrons. The molecule has 0 saturated carbocycles. The number of hydrogen-bond donors (Lipinski definition) is 2. The number of methoxy groups -OCH3 is 1. The summed E-state index contributed by atoms with van der Waals surface area (Å²) in [5, 5.41) is 11.9. The fraction of sp³-hybridized carbons (Fsp3) is 0.389. The van der Waals surface area contributed by atoms with Crippen molar-refractivity contribution in [2.75, 3.05) is 7.11 Å². The van der Waals surface area contributed by atoms with E-state index in [0.717, 1.165) is 41.7 Å². The van der Waals surface area contributed by atoms with Crippen LogP contribution in [-0.4, -0.2) is 38.9 Å². The molecule has 2 N–H and O–H groups in total. The number of carbonyl (C=O) groups is 1. The Balaban J connectivity index is 1.49. The van der Waals surface area contributed by atoms with E-state index >= 15 is 0 Å². The highest BCUT2D eigenvalue weighted by Gasteiger charge is 2.20. The topological polar surface area (TPSA) is 84.8 Å². The number of aromatic amines is 1. The number of nitrogens with zero attached hydrogens (tertiary/aromatic N) is 3. The number of aryl methyl sites for hydroxylation is 2. The van der Waals surface area contributed by atoms with E-state index in [1.165, 1.54) is 12.9 Å². The maximum absolute atomic E-state index is 11.7. The summed E-state index contributed by atoms with van der Waals surface area (Å²) in [5.41, 5.74) is 3.44. The fourth-order valence-electron chi connectivity index (χ4n) is 3.44. The van der Waals surface area contributed by atoms with Crippen LogP contribution in [0.2, 0.25) is 0 Å². The molecule has 7 nitrogen and oxygen atoms in total. The predicted octanol–water partition coefficient (Wildman–Crippen LogP) is 1.96. The van der Waals surface area contributed by atoms with E-state index in [0.29, 0.717) is 18.2 Å². The smallest absolute Gasteiger partial charge is 0.337 e. The quantitative estimate of drug-likeness (QED) is 0.710. The fourth-order valence-corrected chi connectivity index (χ4v) is 3.44. The van der Waals surface area contributed by atoms with E-state index in [4.69, 9.17) is 4.74 Å². The molecule has 0 spiro atoms. The van der Waals surface area contributed by atoms with Gasteiger partial charge in [0.2, 0.25) is 0 Å². The highest BCUT2D eigenvalue weighted by Crippen LogP contribution is 2.20. The lowest BCUT2D eigenvalue weighted by Crippen LogP contribution is -2.36. The standard InChI is InChI=1S/C18H21N5O2/c1-11-9-23-10-13(4-6-17(23)20-11)19-8-16-14-7-12(18(24)25-2)3-5-15(14)21-22-16/h3,5,7,9,13,19H,4,6,8,10H2,1-2H3,(H,21,22). The lowest BCUT2D eigenvalue weighted by Gasteiger charge is -2.24. The van der Waals surface area contributed by atoms with Crippen LogP contribution in [0.3, 0.4) is 0 Å². The van der Waals surface area contributed by atoms with Gasteiger partial charge in [-0.1, -0.05) is 0 Å². The molecule has 2 aromatic heterocycles. The van der Waals surface area contributed by atoms with Crippen LogP contribution in [0.15, 0.2) is 24.4 Å². The first-order valence-electron chi connectivity index (χ1n) is 8.45. The minimum atomic E-state index is -0.336. The molecule has 0 aliphatic carbocycles. The lowest BCUT2D eigenvalue weighted by atomic mass is 10.1. The van der Waals surface area contributed by atoms with Crippen LogP contribution in [0, 0.1) is 6.92 Å². The molecule has 0 saturated heterocycles. The molecular formula is C18H21N5O2. The SMILES string of the molecule is COC(=O)c1ccc2n[nH]c(CNC3CCc4nc(C)cn4C3)c2c1. The van der Waals surface area contributed by atoms with Crippen molar-refractivity contribution in [1.82, 2.24) is 25.1 Å². The van der Waals surface area contributed by atoms with Crippen molar-refractivity contribution in [1.29, 1.82) is 0 Å². The molecule has 3 heterocycles. The third kappa shape index (κ3) is 3.02. The Labute approximate surface area is 145 Å². The van der Waals surface area contributed by atoms with Crippen LogP contribution < -0.4 is 5.32 Å². The molecule has 25 heavy (non-hydrogen) atoms. The van der Waals surface area contributed by atoms with Crippen LogP contribution in [-0.2, 0) is 24.2 Å². The van der Waals surface area contributed by atoms with Crippen molar-refractivity contribution in [3.63, 3.8) is 0 Å². The predicted molar refractivity (Wildman–Crippen MR) is 93.3 cm³/mol. The molecule has 1 atom stereocenters. The average molecular weight is 339 g/mol. The molecule has 1 aliphatic heterocycles. The van der Waals surface area contributed by atoms with E-state index < -0.39 is 0 Å². The van der Waals surface area contributed by atoms with E-state index in [-0.39, 0.29) is 5.97 Å². The number of H-pyrrole nitrogens is 1. The Hall–Kier alpha value is -2.67. The van der Waals surface area contributed by atoms with Crippen LogP contribution >= 0.6 is 0 Å². The highest BCUT2D eigenvalue weighted by molar-refractivity contribution is 5.95. The van der Waals surface area contributed by atoms with Gasteiger partial charge in [-0.05, 0) is 31.5 Å². The van der Waals surface area contributed by atoms with Gasteiger partial charge in [-0.2, -0.15) is 5.10 Å². The number of rotatable bonds is 4. The molecule has 4 rings (SSSR count). The molecule has 1 aromatic carbocycles. The van der Waals surface area contributed by atoms with Crippen molar-refractivity contribution in [2.24, 2.45) is 0 Å². The molecule has 0 fully saturated rings. The number of fused-ring (bicyclic) bond motifs is 2. The van der Waals surface area contributed by atoms with Crippen molar-refractivity contribution in [2.45, 2.75) is 38.9 Å². The second-order valence-corrected chi connectivity index (χ2v) is 6.49. The number of esters is 1. The normalized spacial score (nSPS) is 16.8. The Kier molecular flexibility index (Phi) is 4.01. The van der Waals surface area contributed by atoms with Gasteiger partial charge in [0, 0.05) is 37.1 Å². The van der Waals surface area contributed by atoms with Crippen LogP contribution in [0.1, 0.15) is 34.0 Å². The van der Waals surface area contributed by atoms with Crippen LogP contribution in [0.25, 0.3) is 10.9 Å². The Bertz CT molecular complexity index is 927. The van der Waals surface area contributed by atoms with Gasteiger partial charge >= 0.3 is 5.97 Å². The Morgan fingerprint density at radius 1 is 1.48 bits per heavy atom. The monoisotopic (exact) mass is 339 g/mol. The first-order valence-corrected chi connectivity index (χ1v) is 8.45. The molecule has 1 unspecified atom stereocenters. The summed E-state index contributed by atoms with van der Waals surface area (Å²) >= 11 is 0. The summed E-state index contributed by atoms with van der Waals surface area (Å²) in [5.74, 6) is 0.836. The summed E-state index contributed by atoms with van der Waals surface area (Å²) < 4.78 is 7.03. The van der Waals surface area contributed by atoms with Gasteiger partial charge in [0.05, 0.1) is 29.6 Å². The summed E-state index contributed by atoms with van der Waals surface area (Å²) in [7, 11) is 1.39. The van der Waals surface area contributed by atoms with Crippen molar-refractivity contribution < 1.29 is 9.53 Å². The molecule has 7 heteroatoms. The Morgan fingerprint density at radius 3 is 3.20 bits per heavy atom. The van der Waals surface area contributed by atoms with Gasteiger partial charge in [-0.25, -0.2) is 9.78 Å². The zero-order chi connectivity index (χ0) is 17.4. The number of hydrogen-bond acceptors (Lipinski definition) is 5.